The molecule has 0 bridgehead atoms. The van der Waals surface area contributed by atoms with E-state index in [0.717, 1.165) is 19.1 Å². The van der Waals surface area contributed by atoms with Gasteiger partial charge in [-0.1, -0.05) is 6.42 Å². The molecular formula is C10H20N8O3. The number of H-pyrrole nitrogens is 1. The van der Waals surface area contributed by atoms with Gasteiger partial charge in [0, 0.05) is 12.8 Å². The average molecular weight is 300 g/mol. The lowest BCUT2D eigenvalue weighted by Crippen LogP contribution is -2.37. The lowest BCUT2D eigenvalue weighted by atomic mass is 10.1. The Morgan fingerprint density at radius 2 is 2.19 bits per heavy atom. The van der Waals surface area contributed by atoms with Crippen LogP contribution in [0.3, 0.4) is 0 Å². The predicted octanol–water partition coefficient (Wildman–Crippen LogP) is -1.89. The van der Waals surface area contributed by atoms with Gasteiger partial charge in [-0.25, -0.2) is 0 Å². The zero-order valence-electron chi connectivity index (χ0n) is 11.5. The molecule has 11 heteroatoms. The monoisotopic (exact) mass is 300 g/mol. The summed E-state index contributed by atoms with van der Waals surface area (Å²) in [5.41, 5.74) is 10.0. The van der Waals surface area contributed by atoms with Gasteiger partial charge in [0.25, 0.3) is 11.7 Å². The summed E-state index contributed by atoms with van der Waals surface area (Å²) in [6, 6.07) is -0.548. The number of rotatable bonds is 9. The summed E-state index contributed by atoms with van der Waals surface area (Å²) in [7, 11) is 0. The second kappa shape index (κ2) is 11.4. The lowest BCUT2D eigenvalue weighted by molar-refractivity contribution is -0.139. The van der Waals surface area contributed by atoms with Crippen LogP contribution in [0.15, 0.2) is 0 Å². The number of hydrogen-bond acceptors (Lipinski definition) is 8. The van der Waals surface area contributed by atoms with Crippen molar-refractivity contribution in [3.05, 3.63) is 5.82 Å². The maximum absolute atomic E-state index is 10.6. The van der Waals surface area contributed by atoms with E-state index in [1.165, 1.54) is 0 Å². The summed E-state index contributed by atoms with van der Waals surface area (Å²) in [6.07, 6.45) is 3.37. The highest BCUT2D eigenvalue weighted by Gasteiger charge is 2.14. The molecule has 1 aromatic heterocycles. The summed E-state index contributed by atoms with van der Waals surface area (Å²) in [5, 5.41) is 30.0. The van der Waals surface area contributed by atoms with E-state index in [1.807, 2.05) is 0 Å². The van der Waals surface area contributed by atoms with Crippen LogP contribution in [0.5, 0.6) is 0 Å². The van der Waals surface area contributed by atoms with Crippen molar-refractivity contribution in [2.24, 2.45) is 11.5 Å². The molecule has 0 aliphatic heterocycles. The van der Waals surface area contributed by atoms with E-state index in [2.05, 4.69) is 25.9 Å². The molecule has 0 radical (unpaired) electrons. The maximum atomic E-state index is 10.6. The number of aliphatic carboxylic acids is 1. The number of nitrogens with zero attached hydrogens (tertiary/aromatic N) is 3. The van der Waals surface area contributed by atoms with Crippen molar-refractivity contribution in [3.8, 4) is 0 Å². The molecule has 1 amide bonds. The van der Waals surface area contributed by atoms with Gasteiger partial charge < -0.3 is 22.0 Å². The molecule has 1 unspecified atom stereocenters. The number of aromatic amines is 1. The SMILES string of the molecule is N=CCNC(CCCCN)C(=O)O.NC(=O)c1nn[nH]n1. The summed E-state index contributed by atoms with van der Waals surface area (Å²) in [6.45, 7) is 0.899. The smallest absolute Gasteiger partial charge is 0.320 e. The number of aromatic nitrogens is 4. The fraction of sp³-hybridized carbons (Fsp3) is 0.600. The zero-order chi connectivity index (χ0) is 16.1. The Hall–Kier alpha value is -2.40. The van der Waals surface area contributed by atoms with Crippen LogP contribution in [0.25, 0.3) is 0 Å². The van der Waals surface area contributed by atoms with E-state index in [0.29, 0.717) is 19.5 Å². The minimum absolute atomic E-state index is 0.0926. The van der Waals surface area contributed by atoms with Crippen molar-refractivity contribution < 1.29 is 14.7 Å². The fourth-order valence-electron chi connectivity index (χ4n) is 1.27. The Morgan fingerprint density at radius 3 is 2.57 bits per heavy atom. The first-order valence-electron chi connectivity index (χ1n) is 6.21. The second-order valence-electron chi connectivity index (χ2n) is 3.89. The van der Waals surface area contributed by atoms with Crippen molar-refractivity contribution in [2.45, 2.75) is 25.3 Å². The molecule has 1 atom stereocenters. The second-order valence-corrected chi connectivity index (χ2v) is 3.89. The topological polar surface area (TPSA) is 197 Å². The van der Waals surface area contributed by atoms with E-state index in [4.69, 9.17) is 22.0 Å². The van der Waals surface area contributed by atoms with Gasteiger partial charge >= 0.3 is 5.97 Å². The molecule has 21 heavy (non-hydrogen) atoms. The molecule has 1 aromatic rings. The molecule has 0 aliphatic carbocycles. The van der Waals surface area contributed by atoms with Crippen LogP contribution >= 0.6 is 0 Å². The molecule has 11 nitrogen and oxygen atoms in total. The van der Waals surface area contributed by atoms with Crippen LogP contribution in [-0.2, 0) is 4.79 Å². The van der Waals surface area contributed by atoms with Crippen molar-refractivity contribution >= 4 is 18.1 Å². The lowest BCUT2D eigenvalue weighted by Gasteiger charge is -2.11. The first kappa shape index (κ1) is 18.6. The minimum atomic E-state index is -0.862. The number of amides is 1. The number of tetrazole rings is 1. The summed E-state index contributed by atoms with van der Waals surface area (Å²) in [5.74, 6) is -1.64. The standard InChI is InChI=1S/C8H17N3O2.C2H3N5O/c9-4-2-1-3-7(8(12)13)11-6-5-10;3-1(8)2-4-6-7-5-2/h5,7,10-11H,1-4,6,9H2,(H,12,13);(H2,3,8)(H,4,5,6,7). The van der Waals surface area contributed by atoms with Crippen LogP contribution in [0.4, 0.5) is 0 Å². The van der Waals surface area contributed by atoms with Gasteiger partial charge in [0.15, 0.2) is 0 Å². The Kier molecular flexibility index (Phi) is 10.1. The Labute approximate surface area is 121 Å². The first-order valence-corrected chi connectivity index (χ1v) is 6.21. The van der Waals surface area contributed by atoms with Crippen molar-refractivity contribution in [2.75, 3.05) is 13.1 Å². The van der Waals surface area contributed by atoms with Crippen molar-refractivity contribution in [3.63, 3.8) is 0 Å². The normalized spacial score (nSPS) is 11.1. The first-order chi connectivity index (χ1) is 10.0. The number of hydrogen-bond donors (Lipinski definition) is 6. The van der Waals surface area contributed by atoms with Crippen molar-refractivity contribution in [1.29, 1.82) is 5.41 Å². The highest BCUT2D eigenvalue weighted by atomic mass is 16.4. The molecule has 0 aliphatic rings. The van der Waals surface area contributed by atoms with Gasteiger partial charge in [0.1, 0.15) is 6.04 Å². The third-order valence-corrected chi connectivity index (χ3v) is 2.28. The number of nitrogens with two attached hydrogens (primary N) is 2. The van der Waals surface area contributed by atoms with Gasteiger partial charge in [-0.05, 0) is 24.6 Å². The molecule has 118 valence electrons. The molecule has 0 saturated carbocycles. The van der Waals surface area contributed by atoms with E-state index in [1.54, 1.807) is 0 Å². The number of primary amides is 1. The molecule has 0 fully saturated rings. The Balaban J connectivity index is 0.000000423. The van der Waals surface area contributed by atoms with Gasteiger partial charge in [-0.15, -0.1) is 10.2 Å². The number of carboxylic acid groups (broad SMARTS) is 1. The maximum Gasteiger partial charge on any atom is 0.320 e. The minimum Gasteiger partial charge on any atom is -0.480 e. The molecule has 0 aromatic carbocycles. The van der Waals surface area contributed by atoms with Crippen LogP contribution in [0.1, 0.15) is 29.9 Å². The van der Waals surface area contributed by atoms with Crippen LogP contribution in [0.2, 0.25) is 0 Å². The van der Waals surface area contributed by atoms with Crippen LogP contribution in [-0.4, -0.2) is 63.0 Å². The largest absolute Gasteiger partial charge is 0.480 e. The molecule has 1 heterocycles. The Bertz CT molecular complexity index is 422. The van der Waals surface area contributed by atoms with E-state index >= 15 is 0 Å². The molecule has 0 spiro atoms. The summed E-state index contributed by atoms with van der Waals surface area (Å²) >= 11 is 0. The van der Waals surface area contributed by atoms with Crippen molar-refractivity contribution in [1.82, 2.24) is 25.9 Å². The van der Waals surface area contributed by atoms with Gasteiger partial charge in [-0.2, -0.15) is 5.21 Å². The fourth-order valence-corrected chi connectivity index (χ4v) is 1.27. The molecule has 0 saturated heterocycles. The number of nitrogens with one attached hydrogen (secondary N) is 3. The van der Waals surface area contributed by atoms with Crippen LogP contribution in [0, 0.1) is 5.41 Å². The van der Waals surface area contributed by atoms with Gasteiger partial charge in [-0.3, -0.25) is 14.9 Å². The average Bonchev–Trinajstić information content (AvgIpc) is 2.97. The molecule has 8 N–H and O–H groups in total. The van der Waals surface area contributed by atoms with Crippen LogP contribution < -0.4 is 16.8 Å². The van der Waals surface area contributed by atoms with E-state index < -0.39 is 17.9 Å². The molecular weight excluding hydrogens is 280 g/mol. The number of carbonyl (C=O) groups excluding carboxylic acids is 1. The third kappa shape index (κ3) is 9.18. The number of carboxylic acids is 1. The van der Waals surface area contributed by atoms with E-state index in [9.17, 15) is 9.59 Å². The Morgan fingerprint density at radius 1 is 1.48 bits per heavy atom. The van der Waals surface area contributed by atoms with Gasteiger partial charge in [0.05, 0.1) is 0 Å². The highest BCUT2D eigenvalue weighted by Crippen LogP contribution is 1.99. The van der Waals surface area contributed by atoms with E-state index in [-0.39, 0.29) is 5.82 Å². The third-order valence-electron chi connectivity index (χ3n) is 2.28. The summed E-state index contributed by atoms with van der Waals surface area (Å²) < 4.78 is 0. The zero-order valence-corrected chi connectivity index (χ0v) is 11.5. The van der Waals surface area contributed by atoms with Gasteiger partial charge in [0.2, 0.25) is 0 Å². The number of unbranched alkanes of at least 4 members (excludes halogenated alkanes) is 1. The highest BCUT2D eigenvalue weighted by molar-refractivity contribution is 5.88. The molecule has 1 rings (SSSR count). The number of carbonyl (C=O) groups is 2. The summed E-state index contributed by atoms with van der Waals surface area (Å²) in [4.78, 5) is 20.7. The quantitative estimate of drug-likeness (QED) is 0.224. The predicted molar refractivity (Wildman–Crippen MR) is 73.8 cm³/mol.